The van der Waals surface area contributed by atoms with Gasteiger partial charge in [-0.2, -0.15) is 0 Å². The van der Waals surface area contributed by atoms with E-state index in [0.29, 0.717) is 17.5 Å². The highest BCUT2D eigenvalue weighted by Crippen LogP contribution is 2.41. The van der Waals surface area contributed by atoms with Crippen molar-refractivity contribution in [2.24, 2.45) is 0 Å². The summed E-state index contributed by atoms with van der Waals surface area (Å²) >= 11 is 1.79. The molecule has 4 nitrogen and oxygen atoms in total. The molecule has 11 rings (SSSR count). The van der Waals surface area contributed by atoms with Crippen LogP contribution in [0.15, 0.2) is 194 Å². The molecule has 0 atom stereocenters. The second kappa shape index (κ2) is 13.3. The van der Waals surface area contributed by atoms with Gasteiger partial charge in [-0.25, -0.2) is 15.0 Å². The van der Waals surface area contributed by atoms with Gasteiger partial charge in [0.05, 0.1) is 11.0 Å². The molecule has 0 spiro atoms. The summed E-state index contributed by atoms with van der Waals surface area (Å²) in [5, 5.41) is 4.78. The van der Waals surface area contributed by atoms with E-state index in [4.69, 9.17) is 15.0 Å². The molecule has 262 valence electrons. The number of fused-ring (bicyclic) bond motifs is 6. The van der Waals surface area contributed by atoms with Crippen LogP contribution >= 0.6 is 11.3 Å². The summed E-state index contributed by atoms with van der Waals surface area (Å²) in [5.41, 5.74) is 10.8. The Morgan fingerprint density at radius 3 is 1.71 bits per heavy atom. The van der Waals surface area contributed by atoms with Crippen molar-refractivity contribution >= 4 is 53.3 Å². The predicted molar refractivity (Wildman–Crippen MR) is 234 cm³/mol. The molecule has 56 heavy (non-hydrogen) atoms. The van der Waals surface area contributed by atoms with Crippen LogP contribution in [0.25, 0.3) is 104 Å². The van der Waals surface area contributed by atoms with Crippen molar-refractivity contribution in [1.29, 1.82) is 0 Å². The van der Waals surface area contributed by atoms with Crippen molar-refractivity contribution in [1.82, 2.24) is 19.5 Å². The minimum absolute atomic E-state index is 0.635. The number of rotatable bonds is 6. The number of nitrogens with zero attached hydrogens (tertiary/aromatic N) is 4. The summed E-state index contributed by atoms with van der Waals surface area (Å²) < 4.78 is 4.75. The number of aromatic nitrogens is 4. The van der Waals surface area contributed by atoms with Crippen LogP contribution < -0.4 is 0 Å². The zero-order chi connectivity index (χ0) is 37.0. The van der Waals surface area contributed by atoms with Gasteiger partial charge in [-0.1, -0.05) is 146 Å². The highest BCUT2D eigenvalue weighted by atomic mass is 32.1. The molecule has 0 amide bonds. The third kappa shape index (κ3) is 5.40. The van der Waals surface area contributed by atoms with Gasteiger partial charge in [0, 0.05) is 53.3 Å². The molecule has 0 radical (unpaired) electrons. The monoisotopic (exact) mass is 732 g/mol. The van der Waals surface area contributed by atoms with Crippen LogP contribution in [0.5, 0.6) is 0 Å². The molecule has 0 aliphatic heterocycles. The van der Waals surface area contributed by atoms with E-state index >= 15 is 0 Å². The molecular formula is C51H32N4S. The molecule has 0 aliphatic rings. The normalized spacial score (nSPS) is 11.6. The first-order chi connectivity index (χ1) is 27.8. The highest BCUT2D eigenvalue weighted by Gasteiger charge is 2.20. The Balaban J connectivity index is 1.12. The number of benzene rings is 8. The number of para-hydroxylation sites is 2. The fraction of sp³-hybridized carbons (Fsp3) is 0. The molecule has 0 aliphatic carbocycles. The van der Waals surface area contributed by atoms with Gasteiger partial charge < -0.3 is 4.57 Å². The van der Waals surface area contributed by atoms with Crippen molar-refractivity contribution in [3.8, 4) is 62.1 Å². The van der Waals surface area contributed by atoms with Crippen molar-refractivity contribution in [2.45, 2.75) is 0 Å². The van der Waals surface area contributed by atoms with Crippen molar-refractivity contribution < 1.29 is 0 Å². The lowest BCUT2D eigenvalue weighted by molar-refractivity contribution is 1.08. The maximum Gasteiger partial charge on any atom is 0.165 e. The fourth-order valence-electron chi connectivity index (χ4n) is 8.04. The van der Waals surface area contributed by atoms with Gasteiger partial charge >= 0.3 is 0 Å². The summed E-state index contributed by atoms with van der Waals surface area (Å²) in [6.07, 6.45) is 0. The Hall–Kier alpha value is -7.21. The van der Waals surface area contributed by atoms with E-state index in [2.05, 4.69) is 193 Å². The smallest absolute Gasteiger partial charge is 0.165 e. The molecule has 3 aromatic heterocycles. The summed E-state index contributed by atoms with van der Waals surface area (Å²) in [4.78, 5) is 15.9. The Morgan fingerprint density at radius 2 is 0.893 bits per heavy atom. The van der Waals surface area contributed by atoms with Gasteiger partial charge in [-0.05, 0) is 70.8 Å². The summed E-state index contributed by atoms with van der Waals surface area (Å²) in [5.74, 6) is 1.93. The minimum atomic E-state index is 0.635. The third-order valence-corrected chi connectivity index (χ3v) is 11.9. The topological polar surface area (TPSA) is 43.6 Å². The largest absolute Gasteiger partial charge is 0.309 e. The van der Waals surface area contributed by atoms with E-state index in [-0.39, 0.29) is 0 Å². The van der Waals surface area contributed by atoms with E-state index < -0.39 is 0 Å². The third-order valence-electron chi connectivity index (χ3n) is 10.7. The Morgan fingerprint density at radius 1 is 0.339 bits per heavy atom. The zero-order valence-electron chi connectivity index (χ0n) is 30.2. The molecule has 0 fully saturated rings. The molecule has 0 unspecified atom stereocenters. The average Bonchev–Trinajstić information content (AvgIpc) is 3.83. The Kier molecular flexibility index (Phi) is 7.64. The van der Waals surface area contributed by atoms with E-state index in [1.54, 1.807) is 11.3 Å². The standard InChI is InChI=1S/C51H32N4S/c1-3-14-33(15-4-1)34-26-28-35(29-27-34)38-18-7-8-21-42(38)50-52-49(53-51(54-50)43-23-13-22-41-40-20-10-12-25-47(40)56-48(41)43)36-30-31-46-44(32-36)39-19-9-11-24-45(39)55(46)37-16-5-2-6-17-37/h1-32H. The van der Waals surface area contributed by atoms with E-state index in [9.17, 15) is 0 Å². The molecule has 0 bridgehead atoms. The summed E-state index contributed by atoms with van der Waals surface area (Å²) in [6.45, 7) is 0. The molecule has 0 saturated heterocycles. The van der Waals surface area contributed by atoms with Gasteiger partial charge in [0.2, 0.25) is 0 Å². The quantitative estimate of drug-likeness (QED) is 0.171. The van der Waals surface area contributed by atoms with Gasteiger partial charge in [-0.15, -0.1) is 11.3 Å². The lowest BCUT2D eigenvalue weighted by Gasteiger charge is -2.13. The summed E-state index contributed by atoms with van der Waals surface area (Å²) in [6, 6.07) is 68.5. The maximum absolute atomic E-state index is 5.31. The number of hydrogen-bond donors (Lipinski definition) is 0. The summed E-state index contributed by atoms with van der Waals surface area (Å²) in [7, 11) is 0. The predicted octanol–water partition coefficient (Wildman–Crippen LogP) is 13.7. The van der Waals surface area contributed by atoms with Gasteiger partial charge in [0.1, 0.15) is 0 Å². The molecule has 8 aromatic carbocycles. The molecular weight excluding hydrogens is 701 g/mol. The average molecular weight is 733 g/mol. The Bertz CT molecular complexity index is 3240. The molecule has 3 heterocycles. The SMILES string of the molecule is c1ccc(-c2ccc(-c3ccccc3-c3nc(-c4ccc5c(c4)c4ccccc4n5-c4ccccc4)nc(-c4cccc5c4sc4ccccc45)n3)cc2)cc1. The lowest BCUT2D eigenvalue weighted by atomic mass is 9.96. The molecule has 0 saturated carbocycles. The highest BCUT2D eigenvalue weighted by molar-refractivity contribution is 7.26. The van der Waals surface area contributed by atoms with Gasteiger partial charge in [-0.3, -0.25) is 0 Å². The minimum Gasteiger partial charge on any atom is -0.309 e. The van der Waals surface area contributed by atoms with Crippen molar-refractivity contribution in [3.63, 3.8) is 0 Å². The number of thiophene rings is 1. The lowest BCUT2D eigenvalue weighted by Crippen LogP contribution is -2.01. The van der Waals surface area contributed by atoms with Crippen LogP contribution in [-0.4, -0.2) is 19.5 Å². The van der Waals surface area contributed by atoms with Gasteiger partial charge in [0.15, 0.2) is 17.5 Å². The first-order valence-electron chi connectivity index (χ1n) is 18.8. The zero-order valence-corrected chi connectivity index (χ0v) is 31.0. The second-order valence-corrected chi connectivity index (χ2v) is 15.0. The van der Waals surface area contributed by atoms with Gasteiger partial charge in [0.25, 0.3) is 0 Å². The van der Waals surface area contributed by atoms with Crippen LogP contribution in [0.2, 0.25) is 0 Å². The van der Waals surface area contributed by atoms with Crippen molar-refractivity contribution in [2.75, 3.05) is 0 Å². The van der Waals surface area contributed by atoms with E-state index in [0.717, 1.165) is 49.9 Å². The van der Waals surface area contributed by atoms with Crippen molar-refractivity contribution in [3.05, 3.63) is 194 Å². The molecule has 11 aromatic rings. The van der Waals surface area contributed by atoms with Crippen LogP contribution in [0.1, 0.15) is 0 Å². The van der Waals surface area contributed by atoms with Crippen LogP contribution in [0.4, 0.5) is 0 Å². The molecule has 0 N–H and O–H groups in total. The first kappa shape index (κ1) is 32.2. The molecule has 5 heteroatoms. The van der Waals surface area contributed by atoms with Crippen LogP contribution in [0.3, 0.4) is 0 Å². The Labute approximate surface area is 327 Å². The fourth-order valence-corrected chi connectivity index (χ4v) is 9.25. The second-order valence-electron chi connectivity index (χ2n) is 14.0. The van der Waals surface area contributed by atoms with Crippen LogP contribution in [-0.2, 0) is 0 Å². The maximum atomic E-state index is 5.31. The van der Waals surface area contributed by atoms with E-state index in [1.165, 1.54) is 36.7 Å². The van der Waals surface area contributed by atoms with E-state index in [1.807, 2.05) is 6.07 Å². The first-order valence-corrected chi connectivity index (χ1v) is 19.6. The van der Waals surface area contributed by atoms with Crippen LogP contribution in [0, 0.1) is 0 Å². The number of hydrogen-bond acceptors (Lipinski definition) is 4.